The highest BCUT2D eigenvalue weighted by Gasteiger charge is 2.46. The van der Waals surface area contributed by atoms with Gasteiger partial charge in [0.25, 0.3) is 5.91 Å². The van der Waals surface area contributed by atoms with E-state index in [2.05, 4.69) is 141 Å². The Bertz CT molecular complexity index is 2310. The number of hydrogen-bond acceptors (Lipinski definition) is 11. The van der Waals surface area contributed by atoms with Gasteiger partial charge in [-0.2, -0.15) is 10.4 Å². The SMILES string of the molecule is C=C.C=CC/C=C\C(=C/C)CC.C=CC12CCC(CN)(CC1)CC2.CC.CC/C(N)=N\N(C)c1cncnc1C(C)=O.CC/C=C(/N)c1ccc2c(c1)CCC[C@@H]2NC(=O)c1ncc(C)cc1C(C)C.CCC#N.CN. The molecule has 0 aliphatic heterocycles. The Balaban J connectivity index is 0. The Kier molecular flexibility index (Phi) is 38.4. The van der Waals surface area contributed by atoms with Crippen molar-refractivity contribution in [3.8, 4) is 6.07 Å². The lowest BCUT2D eigenvalue weighted by Crippen LogP contribution is -2.44. The second-order valence-electron chi connectivity index (χ2n) is 18.7. The number of ketones is 1. The van der Waals surface area contributed by atoms with Crippen molar-refractivity contribution in [2.45, 2.75) is 178 Å². The summed E-state index contributed by atoms with van der Waals surface area (Å²) in [6.45, 7) is 36.2. The molecule has 1 atom stereocenters. The largest absolute Gasteiger partial charge is 0.399 e. The van der Waals surface area contributed by atoms with Crippen molar-refractivity contribution >= 4 is 28.9 Å². The number of Topliss-reactive ketones (excluding diaryl/α,β-unsaturated/α-hetero) is 1. The first-order valence-corrected chi connectivity index (χ1v) is 27.4. The summed E-state index contributed by atoms with van der Waals surface area (Å²) in [7, 11) is 3.20. The van der Waals surface area contributed by atoms with Crippen LogP contribution in [0.4, 0.5) is 5.69 Å². The van der Waals surface area contributed by atoms with Crippen molar-refractivity contribution < 1.29 is 9.59 Å². The van der Waals surface area contributed by atoms with E-state index < -0.39 is 0 Å². The molecule has 2 bridgehead atoms. The number of pyridine rings is 1. The molecule has 0 unspecified atom stereocenters. The third-order valence-electron chi connectivity index (χ3n) is 13.3. The highest BCUT2D eigenvalue weighted by Crippen LogP contribution is 2.56. The fourth-order valence-corrected chi connectivity index (χ4v) is 8.72. The zero-order valence-corrected chi connectivity index (χ0v) is 49.4. The fraction of sp³-hybridized carbons (Fsp3) is 0.508. The lowest BCUT2D eigenvalue weighted by atomic mass is 9.54. The number of amides is 1. The van der Waals surface area contributed by atoms with Gasteiger partial charge in [0, 0.05) is 38.7 Å². The summed E-state index contributed by atoms with van der Waals surface area (Å²) >= 11 is 0. The highest BCUT2D eigenvalue weighted by atomic mass is 16.2. The third-order valence-corrected chi connectivity index (χ3v) is 13.3. The van der Waals surface area contributed by atoms with Crippen LogP contribution < -0.4 is 33.3 Å². The minimum absolute atomic E-state index is 0.0183. The Morgan fingerprint density at radius 3 is 2.08 bits per heavy atom. The van der Waals surface area contributed by atoms with Crippen molar-refractivity contribution in [3.05, 3.63) is 151 Å². The number of hydrazone groups is 1. The van der Waals surface area contributed by atoms with E-state index in [9.17, 15) is 9.59 Å². The molecule has 76 heavy (non-hydrogen) atoms. The zero-order chi connectivity index (χ0) is 58.3. The van der Waals surface area contributed by atoms with E-state index >= 15 is 0 Å². The van der Waals surface area contributed by atoms with Crippen LogP contribution in [0.1, 0.15) is 213 Å². The summed E-state index contributed by atoms with van der Waals surface area (Å²) in [6.07, 6.45) is 32.6. The maximum Gasteiger partial charge on any atom is 0.270 e. The second kappa shape index (κ2) is 40.8. The molecule has 3 aromatic rings. The number of carbonyl (C=O) groups excluding carboxylic acids is 2. The molecule has 13 heteroatoms. The van der Waals surface area contributed by atoms with E-state index in [1.54, 1.807) is 13.2 Å². The molecule has 4 aliphatic rings. The van der Waals surface area contributed by atoms with Crippen molar-refractivity contribution in [2.75, 3.05) is 25.6 Å². The Morgan fingerprint density at radius 1 is 0.974 bits per heavy atom. The highest BCUT2D eigenvalue weighted by molar-refractivity contribution is 5.97. The molecule has 0 spiro atoms. The maximum absolute atomic E-state index is 13.0. The number of allylic oxidation sites excluding steroid dienone is 7. The van der Waals surface area contributed by atoms with Crippen LogP contribution in [0.15, 0.2) is 116 Å². The van der Waals surface area contributed by atoms with Gasteiger partial charge >= 0.3 is 0 Å². The lowest BCUT2D eigenvalue weighted by Gasteiger charge is -2.52. The van der Waals surface area contributed by atoms with Crippen molar-refractivity contribution in [2.24, 2.45) is 38.9 Å². The van der Waals surface area contributed by atoms with Gasteiger partial charge in [-0.25, -0.2) is 9.97 Å². The molecule has 1 aromatic carbocycles. The fourth-order valence-electron chi connectivity index (χ4n) is 8.72. The molecule has 3 fully saturated rings. The number of benzene rings is 1. The summed E-state index contributed by atoms with van der Waals surface area (Å²) in [4.78, 5) is 36.6. The number of hydrogen-bond donors (Lipinski definition) is 5. The van der Waals surface area contributed by atoms with Gasteiger partial charge in [-0.1, -0.05) is 116 Å². The Labute approximate surface area is 461 Å². The van der Waals surface area contributed by atoms with E-state index in [-0.39, 0.29) is 23.7 Å². The van der Waals surface area contributed by atoms with E-state index in [4.69, 9.17) is 22.5 Å². The smallest absolute Gasteiger partial charge is 0.270 e. The maximum atomic E-state index is 13.0. The average molecular weight is 1040 g/mol. The number of nitrogens with one attached hydrogen (secondary N) is 1. The predicted molar refractivity (Wildman–Crippen MR) is 326 cm³/mol. The van der Waals surface area contributed by atoms with Gasteiger partial charge in [0.1, 0.15) is 29.2 Å². The Hall–Kier alpha value is -6.49. The molecule has 9 N–H and O–H groups in total. The van der Waals surface area contributed by atoms with Crippen LogP contribution in [-0.4, -0.2) is 53.1 Å². The minimum atomic E-state index is -0.130. The van der Waals surface area contributed by atoms with E-state index in [1.165, 1.54) is 86.7 Å². The topological polar surface area (TPSA) is 228 Å². The van der Waals surface area contributed by atoms with Crippen molar-refractivity contribution in [1.29, 1.82) is 5.26 Å². The van der Waals surface area contributed by atoms with Crippen LogP contribution in [0.2, 0.25) is 0 Å². The van der Waals surface area contributed by atoms with E-state index in [0.717, 1.165) is 67.5 Å². The molecule has 2 heterocycles. The summed E-state index contributed by atoms with van der Waals surface area (Å²) in [6, 6.07) is 10.4. The number of nitriles is 1. The van der Waals surface area contributed by atoms with Gasteiger partial charge in [-0.05, 0) is 155 Å². The molecular weight excluding hydrogens is 943 g/mol. The van der Waals surface area contributed by atoms with E-state index in [0.29, 0.717) is 46.6 Å². The van der Waals surface area contributed by atoms with Crippen LogP contribution in [0.3, 0.4) is 0 Å². The molecule has 0 saturated heterocycles. The summed E-state index contributed by atoms with van der Waals surface area (Å²) < 4.78 is 0. The number of anilines is 1. The summed E-state index contributed by atoms with van der Waals surface area (Å²) in [5.74, 6) is 0.522. The Morgan fingerprint density at radius 2 is 1.59 bits per heavy atom. The van der Waals surface area contributed by atoms with Crippen LogP contribution >= 0.6 is 0 Å². The number of rotatable bonds is 15. The molecule has 13 nitrogen and oxygen atoms in total. The number of carbonyl (C=O) groups is 2. The van der Waals surface area contributed by atoms with E-state index in [1.807, 2.05) is 52.8 Å². The van der Waals surface area contributed by atoms with Crippen molar-refractivity contribution in [1.82, 2.24) is 20.3 Å². The molecule has 0 radical (unpaired) electrons. The second-order valence-corrected chi connectivity index (χ2v) is 18.7. The molecule has 4 aliphatic carbocycles. The standard InChI is InChI=1S/C24H31N3O.C11H19N.C10H15N5O.C10H16.C3H5N.C2H6.C2H4.CH5N/c1-5-7-21(25)18-10-11-19-17(13-18)8-6-9-22(19)27-24(28)23-20(15(2)3)12-16(4)14-26-23;1-2-10-3-6-11(9-12,7-4-10)8-5-10;1-4-9(11)14-15(3)8-5-12-6-13-10(8)7(2)16;1-4-7-8-9-10(5-2)6-3;1-2-3-4;3*1-2/h7,10-15,22H,5-6,8-9,25H2,1-4H3,(H,27,28);2H,1,3-9,12H2;5-6H,4H2,1-3H3,(H2,11,14);4-5,8-9H,1,6-7H2,2-3H3;2H2,1H3;1-2H3;1-2H2;2H2,1H3/b21-7+;;;9-8-,10-5-;;;;/t22-;;;;;;;/m0......./s1. The normalized spacial score (nSPS) is 17.9. The predicted octanol–water partition coefficient (Wildman–Crippen LogP) is 14.1. The van der Waals surface area contributed by atoms with Crippen LogP contribution in [-0.2, 0) is 6.42 Å². The number of nitrogens with zero attached hydrogens (tertiary/aromatic N) is 6. The van der Waals surface area contributed by atoms with Gasteiger partial charge in [-0.15, -0.1) is 26.3 Å². The number of nitrogens with two attached hydrogens (primary N) is 4. The number of amidine groups is 1. The van der Waals surface area contributed by atoms with Crippen molar-refractivity contribution in [3.63, 3.8) is 0 Å². The first-order chi connectivity index (χ1) is 36.5. The minimum Gasteiger partial charge on any atom is -0.399 e. The van der Waals surface area contributed by atoms with Gasteiger partial charge in [0.05, 0.1) is 18.3 Å². The van der Waals surface area contributed by atoms with Crippen LogP contribution in [0.25, 0.3) is 5.70 Å². The average Bonchev–Trinajstić information content (AvgIpc) is 3.46. The molecule has 420 valence electrons. The number of fused-ring (bicyclic) bond motifs is 4. The molecule has 3 saturated carbocycles. The monoisotopic (exact) mass is 1040 g/mol. The van der Waals surface area contributed by atoms with Gasteiger partial charge in [-0.3, -0.25) is 19.6 Å². The van der Waals surface area contributed by atoms with Gasteiger partial charge in [0.15, 0.2) is 5.78 Å². The number of aryl methyl sites for hydroxylation is 2. The molecule has 1 amide bonds. The molecule has 7 rings (SSSR count). The third kappa shape index (κ3) is 24.5. The quantitative estimate of drug-likeness (QED) is 0.0240. The summed E-state index contributed by atoms with van der Waals surface area (Å²) in [5, 5.41) is 16.5. The van der Waals surface area contributed by atoms with Crippen LogP contribution in [0, 0.1) is 29.1 Å². The van der Waals surface area contributed by atoms with Gasteiger partial charge < -0.3 is 28.3 Å². The lowest BCUT2D eigenvalue weighted by molar-refractivity contribution is 0.0286. The molecular formula is C63H101N11O2. The first-order valence-electron chi connectivity index (χ1n) is 27.4. The first kappa shape index (κ1) is 71.6. The molecule has 2 aromatic heterocycles. The zero-order valence-electron chi connectivity index (χ0n) is 49.4. The number of aromatic nitrogens is 3. The van der Waals surface area contributed by atoms with Gasteiger partial charge in [0.2, 0.25) is 0 Å². The van der Waals surface area contributed by atoms with Crippen LogP contribution in [0.5, 0.6) is 0 Å². The summed E-state index contributed by atoms with van der Waals surface area (Å²) in [5.41, 5.74) is 32.4.